The molecule has 2 rings (SSSR count). The third kappa shape index (κ3) is 1.50. The normalized spacial score (nSPS) is 35.0. The largest absolute Gasteiger partial charge is 0.381 e. The molecule has 1 spiro atoms. The van der Waals surface area contributed by atoms with Crippen molar-refractivity contribution in [3.05, 3.63) is 0 Å². The molecule has 1 saturated heterocycles. The van der Waals surface area contributed by atoms with Crippen LogP contribution >= 0.6 is 0 Å². The molecule has 12 heavy (non-hydrogen) atoms. The second-order valence-corrected chi connectivity index (χ2v) is 4.59. The minimum atomic E-state index is 0.386. The summed E-state index contributed by atoms with van der Waals surface area (Å²) in [6.07, 6.45) is 5.20. The third-order valence-corrected chi connectivity index (χ3v) is 3.50. The van der Waals surface area contributed by atoms with Gasteiger partial charge in [0.05, 0.1) is 0 Å². The number of rotatable bonds is 2. The summed E-state index contributed by atoms with van der Waals surface area (Å²) in [5.74, 6) is 0.918. The number of hydrogen-bond donors (Lipinski definition) is 1. The van der Waals surface area contributed by atoms with Crippen molar-refractivity contribution in [1.82, 2.24) is 0 Å². The van der Waals surface area contributed by atoms with E-state index in [4.69, 9.17) is 10.5 Å². The van der Waals surface area contributed by atoms with Crippen LogP contribution < -0.4 is 5.73 Å². The maximum Gasteiger partial charge on any atom is 0.0471 e. The lowest BCUT2D eigenvalue weighted by Crippen LogP contribution is -2.22. The van der Waals surface area contributed by atoms with Crippen LogP contribution in [-0.4, -0.2) is 19.3 Å². The Morgan fingerprint density at radius 2 is 2.17 bits per heavy atom. The van der Waals surface area contributed by atoms with Crippen molar-refractivity contribution in [3.63, 3.8) is 0 Å². The lowest BCUT2D eigenvalue weighted by molar-refractivity contribution is 0.0512. The van der Waals surface area contributed by atoms with E-state index in [9.17, 15) is 0 Å². The van der Waals surface area contributed by atoms with E-state index in [-0.39, 0.29) is 0 Å². The van der Waals surface area contributed by atoms with Gasteiger partial charge in [0.2, 0.25) is 0 Å². The summed E-state index contributed by atoms with van der Waals surface area (Å²) in [6.45, 7) is 4.08. The van der Waals surface area contributed by atoms with Crippen molar-refractivity contribution in [2.75, 3.05) is 13.2 Å². The summed E-state index contributed by atoms with van der Waals surface area (Å²) in [5, 5.41) is 0. The van der Waals surface area contributed by atoms with Crippen LogP contribution in [-0.2, 0) is 4.74 Å². The fourth-order valence-corrected chi connectivity index (χ4v) is 2.60. The Hall–Kier alpha value is -0.0800. The van der Waals surface area contributed by atoms with Crippen LogP contribution in [0.4, 0.5) is 0 Å². The minimum Gasteiger partial charge on any atom is -0.381 e. The SMILES string of the molecule is CC(N)CC1CC12CCOCC2. The molecule has 2 unspecified atom stereocenters. The van der Waals surface area contributed by atoms with E-state index in [0.29, 0.717) is 11.5 Å². The van der Waals surface area contributed by atoms with Gasteiger partial charge >= 0.3 is 0 Å². The Morgan fingerprint density at radius 3 is 2.75 bits per heavy atom. The highest BCUT2D eigenvalue weighted by atomic mass is 16.5. The van der Waals surface area contributed by atoms with Gasteiger partial charge in [-0.3, -0.25) is 0 Å². The van der Waals surface area contributed by atoms with Crippen molar-refractivity contribution in [2.24, 2.45) is 17.1 Å². The van der Waals surface area contributed by atoms with E-state index in [1.165, 1.54) is 25.7 Å². The fourth-order valence-electron chi connectivity index (χ4n) is 2.60. The zero-order chi connectivity index (χ0) is 8.60. The monoisotopic (exact) mass is 169 g/mol. The molecular weight excluding hydrogens is 150 g/mol. The summed E-state index contributed by atoms with van der Waals surface area (Å²) in [7, 11) is 0. The molecule has 2 fully saturated rings. The smallest absolute Gasteiger partial charge is 0.0471 e. The highest BCUT2D eigenvalue weighted by molar-refractivity contribution is 5.03. The molecule has 2 N–H and O–H groups in total. The van der Waals surface area contributed by atoms with Crippen LogP contribution in [0.2, 0.25) is 0 Å². The molecule has 0 radical (unpaired) electrons. The maximum absolute atomic E-state index is 5.79. The molecule has 0 aromatic heterocycles. The summed E-state index contributed by atoms with van der Waals surface area (Å²) in [5.41, 5.74) is 6.46. The van der Waals surface area contributed by atoms with Crippen molar-refractivity contribution >= 4 is 0 Å². The summed E-state index contributed by atoms with van der Waals surface area (Å²) < 4.78 is 5.37. The van der Waals surface area contributed by atoms with E-state index < -0.39 is 0 Å². The van der Waals surface area contributed by atoms with Crippen molar-refractivity contribution in [3.8, 4) is 0 Å². The standard InChI is InChI=1S/C10H19NO/c1-8(11)6-9-7-10(9)2-4-12-5-3-10/h8-9H,2-7,11H2,1H3. The Balaban J connectivity index is 1.83. The topological polar surface area (TPSA) is 35.2 Å². The van der Waals surface area contributed by atoms with Crippen molar-refractivity contribution in [1.29, 1.82) is 0 Å². The van der Waals surface area contributed by atoms with Gasteiger partial charge in [-0.25, -0.2) is 0 Å². The summed E-state index contributed by atoms with van der Waals surface area (Å²) in [6, 6.07) is 0.386. The van der Waals surface area contributed by atoms with Gasteiger partial charge in [0, 0.05) is 19.3 Å². The number of hydrogen-bond acceptors (Lipinski definition) is 2. The van der Waals surface area contributed by atoms with E-state index in [2.05, 4.69) is 6.92 Å². The molecule has 0 amide bonds. The molecule has 2 aliphatic rings. The third-order valence-electron chi connectivity index (χ3n) is 3.50. The Bertz CT molecular complexity index is 161. The summed E-state index contributed by atoms with van der Waals surface area (Å²) in [4.78, 5) is 0. The van der Waals surface area contributed by atoms with E-state index >= 15 is 0 Å². The predicted molar refractivity (Wildman–Crippen MR) is 48.9 cm³/mol. The highest BCUT2D eigenvalue weighted by Crippen LogP contribution is 2.60. The van der Waals surface area contributed by atoms with Gasteiger partial charge in [-0.2, -0.15) is 0 Å². The zero-order valence-corrected chi connectivity index (χ0v) is 7.88. The lowest BCUT2D eigenvalue weighted by Gasteiger charge is -2.23. The molecule has 2 heteroatoms. The van der Waals surface area contributed by atoms with Gasteiger partial charge in [0.25, 0.3) is 0 Å². The average Bonchev–Trinajstić information content (AvgIpc) is 2.63. The second-order valence-electron chi connectivity index (χ2n) is 4.59. The van der Waals surface area contributed by atoms with Crippen LogP contribution in [0.5, 0.6) is 0 Å². The van der Waals surface area contributed by atoms with Crippen LogP contribution in [0.15, 0.2) is 0 Å². The van der Waals surface area contributed by atoms with Crippen LogP contribution in [0.1, 0.15) is 32.6 Å². The van der Waals surface area contributed by atoms with E-state index in [1.54, 1.807) is 0 Å². The van der Waals surface area contributed by atoms with Gasteiger partial charge < -0.3 is 10.5 Å². The van der Waals surface area contributed by atoms with Gasteiger partial charge in [-0.05, 0) is 43.9 Å². The van der Waals surface area contributed by atoms with E-state index in [0.717, 1.165) is 19.1 Å². The molecule has 1 aliphatic heterocycles. The molecular formula is C10H19NO. The van der Waals surface area contributed by atoms with Crippen LogP contribution in [0, 0.1) is 11.3 Å². The average molecular weight is 169 g/mol. The fraction of sp³-hybridized carbons (Fsp3) is 1.00. The van der Waals surface area contributed by atoms with E-state index in [1.807, 2.05) is 0 Å². The summed E-state index contributed by atoms with van der Waals surface area (Å²) >= 11 is 0. The van der Waals surface area contributed by atoms with Gasteiger partial charge in [-0.15, -0.1) is 0 Å². The Morgan fingerprint density at radius 1 is 1.50 bits per heavy atom. The van der Waals surface area contributed by atoms with Crippen LogP contribution in [0.25, 0.3) is 0 Å². The van der Waals surface area contributed by atoms with Gasteiger partial charge in [0.15, 0.2) is 0 Å². The minimum absolute atomic E-state index is 0.386. The molecule has 0 aromatic rings. The van der Waals surface area contributed by atoms with Gasteiger partial charge in [0.1, 0.15) is 0 Å². The molecule has 2 nitrogen and oxygen atoms in total. The molecule has 0 aromatic carbocycles. The zero-order valence-electron chi connectivity index (χ0n) is 7.88. The van der Waals surface area contributed by atoms with Gasteiger partial charge in [-0.1, -0.05) is 0 Å². The highest BCUT2D eigenvalue weighted by Gasteiger charge is 2.53. The Kier molecular flexibility index (Phi) is 2.13. The second kappa shape index (κ2) is 3.00. The molecule has 70 valence electrons. The quantitative estimate of drug-likeness (QED) is 0.680. The van der Waals surface area contributed by atoms with Crippen molar-refractivity contribution in [2.45, 2.75) is 38.6 Å². The molecule has 1 aliphatic carbocycles. The first-order valence-electron chi connectivity index (χ1n) is 5.06. The lowest BCUT2D eigenvalue weighted by atomic mass is 9.92. The number of nitrogens with two attached hydrogens (primary N) is 1. The first-order chi connectivity index (χ1) is 5.73. The van der Waals surface area contributed by atoms with Crippen LogP contribution in [0.3, 0.4) is 0 Å². The molecule has 1 heterocycles. The molecule has 2 atom stereocenters. The number of ether oxygens (including phenoxy) is 1. The molecule has 1 saturated carbocycles. The molecule has 0 bridgehead atoms. The van der Waals surface area contributed by atoms with Crippen molar-refractivity contribution < 1.29 is 4.74 Å². The Labute approximate surface area is 74.5 Å². The first kappa shape index (κ1) is 8.52. The maximum atomic E-state index is 5.79. The first-order valence-corrected chi connectivity index (χ1v) is 5.06. The predicted octanol–water partition coefficient (Wildman–Crippen LogP) is 1.54.